The molecule has 0 spiro atoms. The summed E-state index contributed by atoms with van der Waals surface area (Å²) in [6.45, 7) is 3.11. The smallest absolute Gasteiger partial charge is 0.373 e. The van der Waals surface area contributed by atoms with Crippen LogP contribution in [-0.4, -0.2) is 28.2 Å². The normalized spacial score (nSPS) is 8.89. The number of hydrogen-bond acceptors (Lipinski definition) is 6. The first kappa shape index (κ1) is 14.4. The molecule has 0 aliphatic rings. The van der Waals surface area contributed by atoms with Gasteiger partial charge in [0.1, 0.15) is 18.6 Å². The summed E-state index contributed by atoms with van der Waals surface area (Å²) in [5, 5.41) is 9.93. The van der Waals surface area contributed by atoms with Gasteiger partial charge in [-0.25, -0.2) is 0 Å². The highest BCUT2D eigenvalue weighted by Crippen LogP contribution is 2.13. The van der Waals surface area contributed by atoms with Crippen molar-refractivity contribution in [3.05, 3.63) is 36.0 Å². The first-order valence-electron chi connectivity index (χ1n) is 5.49. The number of hydrogen-bond donors (Lipinski definition) is 1. The van der Waals surface area contributed by atoms with E-state index in [2.05, 4.69) is 15.4 Å². The van der Waals surface area contributed by atoms with Crippen LogP contribution in [0.15, 0.2) is 30.5 Å². The zero-order valence-corrected chi connectivity index (χ0v) is 10.3. The SMILES string of the molecule is CCOc1ccc(COc2cn[nH]n2)cc1.O=C=O. The molecule has 0 saturated heterocycles. The van der Waals surface area contributed by atoms with Gasteiger partial charge in [0.25, 0.3) is 5.88 Å². The zero-order valence-electron chi connectivity index (χ0n) is 10.3. The lowest BCUT2D eigenvalue weighted by atomic mass is 10.2. The largest absolute Gasteiger partial charge is 0.494 e. The maximum absolute atomic E-state index is 8.12. The van der Waals surface area contributed by atoms with Crippen LogP contribution in [0.1, 0.15) is 12.5 Å². The van der Waals surface area contributed by atoms with E-state index in [1.807, 2.05) is 31.2 Å². The number of nitrogens with one attached hydrogen (secondary N) is 1. The van der Waals surface area contributed by atoms with Crippen molar-refractivity contribution >= 4 is 6.15 Å². The average Bonchev–Trinajstić information content (AvgIpc) is 2.92. The number of benzene rings is 1. The van der Waals surface area contributed by atoms with Crippen molar-refractivity contribution in [2.75, 3.05) is 6.61 Å². The molecule has 1 N–H and O–H groups in total. The first-order valence-corrected chi connectivity index (χ1v) is 5.49. The second-order valence-corrected chi connectivity index (χ2v) is 3.26. The maximum Gasteiger partial charge on any atom is 0.373 e. The first-order chi connectivity index (χ1) is 9.30. The van der Waals surface area contributed by atoms with Gasteiger partial charge in [0.2, 0.25) is 0 Å². The molecule has 7 heteroatoms. The second-order valence-electron chi connectivity index (χ2n) is 3.26. The lowest BCUT2D eigenvalue weighted by molar-refractivity contribution is -0.191. The number of ether oxygens (including phenoxy) is 2. The summed E-state index contributed by atoms with van der Waals surface area (Å²) < 4.78 is 10.7. The van der Waals surface area contributed by atoms with Crippen molar-refractivity contribution in [1.29, 1.82) is 0 Å². The molecule has 0 unspecified atom stereocenters. The molecule has 1 aromatic heterocycles. The molecule has 0 aliphatic heterocycles. The topological polar surface area (TPSA) is 94.2 Å². The molecule has 0 amide bonds. The summed E-state index contributed by atoms with van der Waals surface area (Å²) in [5.74, 6) is 1.36. The highest BCUT2D eigenvalue weighted by atomic mass is 16.5. The van der Waals surface area contributed by atoms with Gasteiger partial charge in [-0.3, -0.25) is 0 Å². The lowest BCUT2D eigenvalue weighted by Gasteiger charge is -2.05. The number of carbonyl (C=O) groups excluding carboxylic acids is 2. The average molecular weight is 263 g/mol. The number of nitrogens with zero attached hydrogens (tertiary/aromatic N) is 2. The fraction of sp³-hybridized carbons (Fsp3) is 0.250. The molecular formula is C12H13N3O4. The molecule has 0 saturated carbocycles. The van der Waals surface area contributed by atoms with Crippen LogP contribution in [0.25, 0.3) is 0 Å². The van der Waals surface area contributed by atoms with E-state index in [0.29, 0.717) is 19.1 Å². The van der Waals surface area contributed by atoms with Gasteiger partial charge in [-0.1, -0.05) is 12.1 Å². The second kappa shape index (κ2) is 8.43. The van der Waals surface area contributed by atoms with E-state index in [0.717, 1.165) is 11.3 Å². The van der Waals surface area contributed by atoms with Gasteiger partial charge in [-0.15, -0.1) is 5.10 Å². The molecular weight excluding hydrogens is 250 g/mol. The molecule has 0 atom stereocenters. The summed E-state index contributed by atoms with van der Waals surface area (Å²) in [6, 6.07) is 7.77. The van der Waals surface area contributed by atoms with Crippen molar-refractivity contribution in [2.45, 2.75) is 13.5 Å². The predicted octanol–water partition coefficient (Wildman–Crippen LogP) is 1.20. The Bertz CT molecular complexity index is 490. The van der Waals surface area contributed by atoms with Crippen LogP contribution in [0.2, 0.25) is 0 Å². The van der Waals surface area contributed by atoms with Crippen LogP contribution in [0.4, 0.5) is 0 Å². The van der Waals surface area contributed by atoms with Gasteiger partial charge < -0.3 is 9.47 Å². The highest BCUT2D eigenvalue weighted by molar-refractivity contribution is 5.27. The molecule has 100 valence electrons. The molecule has 0 fully saturated rings. The van der Waals surface area contributed by atoms with Crippen LogP contribution in [-0.2, 0) is 16.2 Å². The molecule has 1 heterocycles. The summed E-state index contributed by atoms with van der Waals surface area (Å²) >= 11 is 0. The summed E-state index contributed by atoms with van der Waals surface area (Å²) in [7, 11) is 0. The Labute approximate surface area is 109 Å². The lowest BCUT2D eigenvalue weighted by Crippen LogP contribution is -1.96. The molecule has 0 radical (unpaired) electrons. The fourth-order valence-corrected chi connectivity index (χ4v) is 1.27. The van der Waals surface area contributed by atoms with E-state index in [1.54, 1.807) is 0 Å². The van der Waals surface area contributed by atoms with Crippen LogP contribution in [0.5, 0.6) is 11.6 Å². The van der Waals surface area contributed by atoms with E-state index in [1.165, 1.54) is 6.20 Å². The summed E-state index contributed by atoms with van der Waals surface area (Å²) in [6.07, 6.45) is 1.79. The van der Waals surface area contributed by atoms with Gasteiger partial charge in [-0.05, 0) is 24.6 Å². The Morgan fingerprint density at radius 3 is 2.42 bits per heavy atom. The summed E-state index contributed by atoms with van der Waals surface area (Å²) in [4.78, 5) is 16.2. The number of rotatable bonds is 5. The van der Waals surface area contributed by atoms with Crippen molar-refractivity contribution in [2.24, 2.45) is 0 Å². The molecule has 2 aromatic rings. The number of aromatic nitrogens is 3. The Hall–Kier alpha value is -2.66. The van der Waals surface area contributed by atoms with Gasteiger partial charge >= 0.3 is 6.15 Å². The molecule has 1 aromatic carbocycles. The van der Waals surface area contributed by atoms with Crippen molar-refractivity contribution in [1.82, 2.24) is 15.4 Å². The van der Waals surface area contributed by atoms with Gasteiger partial charge in [-0.2, -0.15) is 19.9 Å². The molecule has 0 bridgehead atoms. The van der Waals surface area contributed by atoms with E-state index in [9.17, 15) is 0 Å². The third-order valence-corrected chi connectivity index (χ3v) is 2.01. The molecule has 0 aliphatic carbocycles. The summed E-state index contributed by atoms with van der Waals surface area (Å²) in [5.41, 5.74) is 1.06. The monoisotopic (exact) mass is 263 g/mol. The van der Waals surface area contributed by atoms with Gasteiger partial charge in [0.05, 0.1) is 6.61 Å². The van der Waals surface area contributed by atoms with Gasteiger partial charge in [0, 0.05) is 0 Å². The molecule has 2 rings (SSSR count). The Kier molecular flexibility index (Phi) is 6.39. The van der Waals surface area contributed by atoms with Crippen molar-refractivity contribution in [3.63, 3.8) is 0 Å². The number of aromatic amines is 1. The third-order valence-electron chi connectivity index (χ3n) is 2.01. The van der Waals surface area contributed by atoms with Crippen molar-refractivity contribution < 1.29 is 19.1 Å². The van der Waals surface area contributed by atoms with E-state index >= 15 is 0 Å². The Balaban J connectivity index is 0.000000550. The Morgan fingerprint density at radius 1 is 1.21 bits per heavy atom. The number of H-pyrrole nitrogens is 1. The minimum absolute atomic E-state index is 0.250. The van der Waals surface area contributed by atoms with Crippen LogP contribution >= 0.6 is 0 Å². The molecule has 7 nitrogen and oxygen atoms in total. The van der Waals surface area contributed by atoms with Crippen molar-refractivity contribution in [3.8, 4) is 11.6 Å². The van der Waals surface area contributed by atoms with Gasteiger partial charge in [0.15, 0.2) is 0 Å². The highest BCUT2D eigenvalue weighted by Gasteiger charge is 1.98. The fourth-order valence-electron chi connectivity index (χ4n) is 1.27. The Morgan fingerprint density at radius 2 is 1.89 bits per heavy atom. The maximum atomic E-state index is 8.12. The quantitative estimate of drug-likeness (QED) is 0.871. The standard InChI is InChI=1S/C11H13N3O2.CO2/c1-2-15-10-5-3-9(4-6-10)8-16-11-7-12-14-13-11;2-1-3/h3-7H,2,8H2,1H3,(H,12,13,14);. The third kappa shape index (κ3) is 5.47. The van der Waals surface area contributed by atoms with Crippen LogP contribution in [0.3, 0.4) is 0 Å². The zero-order chi connectivity index (χ0) is 13.9. The van der Waals surface area contributed by atoms with E-state index in [4.69, 9.17) is 19.1 Å². The molecule has 19 heavy (non-hydrogen) atoms. The van der Waals surface area contributed by atoms with Crippen LogP contribution in [0, 0.1) is 0 Å². The predicted molar refractivity (Wildman–Crippen MR) is 63.3 cm³/mol. The van der Waals surface area contributed by atoms with Crippen LogP contribution < -0.4 is 9.47 Å². The minimum atomic E-state index is 0.250. The minimum Gasteiger partial charge on any atom is -0.494 e. The van der Waals surface area contributed by atoms with E-state index < -0.39 is 0 Å². The van der Waals surface area contributed by atoms with E-state index in [-0.39, 0.29) is 6.15 Å².